The zero-order valence-corrected chi connectivity index (χ0v) is 19.8. The molecule has 0 unspecified atom stereocenters. The van der Waals surface area contributed by atoms with E-state index in [1.165, 1.54) is 10.2 Å². The van der Waals surface area contributed by atoms with E-state index in [9.17, 15) is 9.59 Å². The van der Waals surface area contributed by atoms with E-state index in [0.29, 0.717) is 17.3 Å². The minimum absolute atomic E-state index is 0.218. The fourth-order valence-electron chi connectivity index (χ4n) is 4.22. The first-order valence-corrected chi connectivity index (χ1v) is 12.2. The third kappa shape index (κ3) is 4.65. The van der Waals surface area contributed by atoms with Gasteiger partial charge in [-0.05, 0) is 35.2 Å². The summed E-state index contributed by atoms with van der Waals surface area (Å²) < 4.78 is 6.68. The standard InChI is InChI=1S/C26H26N4O3S/c1-28-25(31)23-7-3-2-6-22(23)24(27-28)26(32)30(18-21-5-4-16-34-21)20-10-8-19(9-11-20)17-29-12-14-33-15-13-29/h2-11,16H,12-15,17-18H2,1H3. The second kappa shape index (κ2) is 9.89. The summed E-state index contributed by atoms with van der Waals surface area (Å²) in [4.78, 5) is 31.6. The Kier molecular flexibility index (Phi) is 6.53. The van der Waals surface area contributed by atoms with Crippen LogP contribution in [0, 0.1) is 0 Å². The van der Waals surface area contributed by atoms with Gasteiger partial charge >= 0.3 is 0 Å². The van der Waals surface area contributed by atoms with Gasteiger partial charge in [-0.15, -0.1) is 11.3 Å². The first kappa shape index (κ1) is 22.5. The Morgan fingerprint density at radius 2 is 1.76 bits per heavy atom. The highest BCUT2D eigenvalue weighted by Gasteiger charge is 2.24. The van der Waals surface area contributed by atoms with Crippen LogP contribution in [0.5, 0.6) is 0 Å². The van der Waals surface area contributed by atoms with Crippen LogP contribution in [-0.2, 0) is 24.9 Å². The maximum absolute atomic E-state index is 13.9. The van der Waals surface area contributed by atoms with Gasteiger partial charge in [-0.3, -0.25) is 14.5 Å². The van der Waals surface area contributed by atoms with Crippen molar-refractivity contribution in [3.63, 3.8) is 0 Å². The number of hydrogen-bond donors (Lipinski definition) is 0. The summed E-state index contributed by atoms with van der Waals surface area (Å²) in [6.45, 7) is 4.67. The van der Waals surface area contributed by atoms with Crippen LogP contribution >= 0.6 is 11.3 Å². The Bertz CT molecular complexity index is 1340. The molecule has 0 bridgehead atoms. The summed E-state index contributed by atoms with van der Waals surface area (Å²) in [5.41, 5.74) is 2.04. The first-order chi connectivity index (χ1) is 16.6. The molecule has 1 amide bonds. The molecule has 1 saturated heterocycles. The molecule has 174 valence electrons. The molecule has 2 aromatic carbocycles. The molecule has 34 heavy (non-hydrogen) atoms. The van der Waals surface area contributed by atoms with Crippen molar-refractivity contribution in [1.82, 2.24) is 14.7 Å². The van der Waals surface area contributed by atoms with Crippen LogP contribution in [0.3, 0.4) is 0 Å². The molecule has 0 spiro atoms. The van der Waals surface area contributed by atoms with Gasteiger partial charge in [-0.25, -0.2) is 4.68 Å². The Labute approximate surface area is 201 Å². The van der Waals surface area contributed by atoms with Crippen molar-refractivity contribution in [2.75, 3.05) is 31.2 Å². The van der Waals surface area contributed by atoms with E-state index in [0.717, 1.165) is 43.4 Å². The third-order valence-corrected chi connectivity index (χ3v) is 6.92. The van der Waals surface area contributed by atoms with E-state index in [1.807, 2.05) is 35.7 Å². The van der Waals surface area contributed by atoms with E-state index in [4.69, 9.17) is 4.74 Å². The highest BCUT2D eigenvalue weighted by Crippen LogP contribution is 2.25. The quantitative estimate of drug-likeness (QED) is 0.427. The number of aryl methyl sites for hydroxylation is 1. The van der Waals surface area contributed by atoms with Gasteiger partial charge < -0.3 is 9.64 Å². The number of carbonyl (C=O) groups excluding carboxylic acids is 1. The molecule has 0 N–H and O–H groups in total. The number of carbonyl (C=O) groups is 1. The van der Waals surface area contributed by atoms with E-state index >= 15 is 0 Å². The average Bonchev–Trinajstić information content (AvgIpc) is 3.39. The number of amides is 1. The van der Waals surface area contributed by atoms with Gasteiger partial charge in [-0.1, -0.05) is 36.4 Å². The van der Waals surface area contributed by atoms with Crippen LogP contribution in [0.2, 0.25) is 0 Å². The van der Waals surface area contributed by atoms with Crippen molar-refractivity contribution in [3.8, 4) is 0 Å². The maximum Gasteiger partial charge on any atom is 0.279 e. The lowest BCUT2D eigenvalue weighted by molar-refractivity contribution is 0.0342. The zero-order chi connectivity index (χ0) is 23.5. The van der Waals surface area contributed by atoms with E-state index in [2.05, 4.69) is 22.1 Å². The molecule has 2 aromatic heterocycles. The molecule has 1 fully saturated rings. The van der Waals surface area contributed by atoms with Gasteiger partial charge in [-0.2, -0.15) is 5.10 Å². The van der Waals surface area contributed by atoms with Crippen LogP contribution < -0.4 is 10.5 Å². The number of benzene rings is 2. The molecule has 7 nitrogen and oxygen atoms in total. The number of hydrogen-bond acceptors (Lipinski definition) is 6. The van der Waals surface area contributed by atoms with Gasteiger partial charge in [0.15, 0.2) is 5.69 Å². The fraction of sp³-hybridized carbons (Fsp3) is 0.269. The van der Waals surface area contributed by atoms with Crippen molar-refractivity contribution in [2.24, 2.45) is 7.05 Å². The number of nitrogens with zero attached hydrogens (tertiary/aromatic N) is 4. The minimum atomic E-state index is -0.235. The Balaban J connectivity index is 1.49. The minimum Gasteiger partial charge on any atom is -0.379 e. The molecule has 1 aliphatic rings. The second-order valence-electron chi connectivity index (χ2n) is 8.35. The summed E-state index contributed by atoms with van der Waals surface area (Å²) >= 11 is 1.61. The van der Waals surface area contributed by atoms with Gasteiger partial charge in [0.25, 0.3) is 11.5 Å². The Morgan fingerprint density at radius 3 is 2.47 bits per heavy atom. The summed E-state index contributed by atoms with van der Waals surface area (Å²) in [6.07, 6.45) is 0. The number of ether oxygens (including phenoxy) is 1. The summed E-state index contributed by atoms with van der Waals surface area (Å²) in [7, 11) is 1.58. The number of morpholine rings is 1. The largest absolute Gasteiger partial charge is 0.379 e. The van der Waals surface area contributed by atoms with Crippen molar-refractivity contribution < 1.29 is 9.53 Å². The lowest BCUT2D eigenvalue weighted by atomic mass is 10.1. The summed E-state index contributed by atoms with van der Waals surface area (Å²) in [5, 5.41) is 7.42. The van der Waals surface area contributed by atoms with Crippen molar-refractivity contribution in [2.45, 2.75) is 13.1 Å². The summed E-state index contributed by atoms with van der Waals surface area (Å²) in [5.74, 6) is -0.235. The molecule has 1 aliphatic heterocycles. The number of aromatic nitrogens is 2. The van der Waals surface area contributed by atoms with Gasteiger partial charge in [0.1, 0.15) is 0 Å². The fourth-order valence-corrected chi connectivity index (χ4v) is 4.92. The van der Waals surface area contributed by atoms with Crippen molar-refractivity contribution in [3.05, 3.63) is 92.5 Å². The average molecular weight is 475 g/mol. The number of anilines is 1. The molecule has 0 atom stereocenters. The first-order valence-electron chi connectivity index (χ1n) is 11.3. The number of fused-ring (bicyclic) bond motifs is 1. The molecule has 8 heteroatoms. The highest BCUT2D eigenvalue weighted by molar-refractivity contribution is 7.09. The lowest BCUT2D eigenvalue weighted by Crippen LogP contribution is -2.35. The van der Waals surface area contributed by atoms with Gasteiger partial charge in [0.05, 0.1) is 25.1 Å². The molecule has 0 saturated carbocycles. The van der Waals surface area contributed by atoms with Crippen LogP contribution in [0.1, 0.15) is 20.9 Å². The van der Waals surface area contributed by atoms with Crippen LogP contribution in [0.15, 0.2) is 70.8 Å². The van der Waals surface area contributed by atoms with E-state index < -0.39 is 0 Å². The van der Waals surface area contributed by atoms with Crippen LogP contribution in [-0.4, -0.2) is 46.9 Å². The topological polar surface area (TPSA) is 67.7 Å². The molecular formula is C26H26N4O3S. The lowest BCUT2D eigenvalue weighted by Gasteiger charge is -2.27. The van der Waals surface area contributed by atoms with E-state index in [-0.39, 0.29) is 17.2 Å². The predicted molar refractivity (Wildman–Crippen MR) is 134 cm³/mol. The predicted octanol–water partition coefficient (Wildman–Crippen LogP) is 3.67. The maximum atomic E-state index is 13.9. The van der Waals surface area contributed by atoms with Crippen molar-refractivity contribution >= 4 is 33.7 Å². The normalized spacial score (nSPS) is 14.4. The smallest absolute Gasteiger partial charge is 0.279 e. The Morgan fingerprint density at radius 1 is 1.03 bits per heavy atom. The van der Waals surface area contributed by atoms with Crippen LogP contribution in [0.25, 0.3) is 10.8 Å². The Hall–Kier alpha value is -3.33. The van der Waals surface area contributed by atoms with Gasteiger partial charge in [0.2, 0.25) is 0 Å². The third-order valence-electron chi connectivity index (χ3n) is 6.06. The number of rotatable bonds is 6. The molecule has 0 aliphatic carbocycles. The monoisotopic (exact) mass is 474 g/mol. The number of thiophene rings is 1. The van der Waals surface area contributed by atoms with Crippen LogP contribution in [0.4, 0.5) is 5.69 Å². The highest BCUT2D eigenvalue weighted by atomic mass is 32.1. The van der Waals surface area contributed by atoms with Gasteiger partial charge in [0, 0.05) is 42.6 Å². The van der Waals surface area contributed by atoms with E-state index in [1.54, 1.807) is 41.5 Å². The molecule has 3 heterocycles. The second-order valence-corrected chi connectivity index (χ2v) is 9.38. The molecule has 4 aromatic rings. The zero-order valence-electron chi connectivity index (χ0n) is 19.0. The molecule has 5 rings (SSSR count). The molecular weight excluding hydrogens is 448 g/mol. The summed E-state index contributed by atoms with van der Waals surface area (Å²) in [6, 6.07) is 19.3. The molecule has 0 radical (unpaired) electrons. The SMILES string of the molecule is Cn1nc(C(=O)N(Cc2cccs2)c2ccc(CN3CCOCC3)cc2)c2ccccc2c1=O. The van der Waals surface area contributed by atoms with Crippen molar-refractivity contribution in [1.29, 1.82) is 0 Å².